The van der Waals surface area contributed by atoms with E-state index >= 15 is 0 Å². The fraction of sp³-hybridized carbons (Fsp3) is 0.158. The maximum absolute atomic E-state index is 6.06. The molecule has 3 aromatic rings. The Morgan fingerprint density at radius 3 is 2.50 bits per heavy atom. The Balaban J connectivity index is 1.99. The lowest BCUT2D eigenvalue weighted by Gasteiger charge is -2.20. The van der Waals surface area contributed by atoms with Gasteiger partial charge in [0.2, 0.25) is 0 Å². The molecule has 0 aliphatic carbocycles. The van der Waals surface area contributed by atoms with Crippen LogP contribution in [0.3, 0.4) is 0 Å². The van der Waals surface area contributed by atoms with Crippen molar-refractivity contribution in [3.63, 3.8) is 0 Å². The van der Waals surface area contributed by atoms with Crippen LogP contribution < -0.4 is 0 Å². The first-order chi connectivity index (χ1) is 11.7. The molecule has 0 radical (unpaired) electrons. The molecule has 0 fully saturated rings. The molecule has 0 amide bonds. The number of halogens is 3. The number of nitrogens with zero attached hydrogens (tertiary/aromatic N) is 1. The van der Waals surface area contributed by atoms with Crippen LogP contribution in [0.4, 0.5) is 0 Å². The second-order valence-electron chi connectivity index (χ2n) is 5.68. The van der Waals surface area contributed by atoms with Gasteiger partial charge in [-0.3, -0.25) is 0 Å². The molecule has 1 aromatic heterocycles. The minimum Gasteiger partial charge on any atom is -0.373 e. The van der Waals surface area contributed by atoms with E-state index in [4.69, 9.17) is 16.3 Å². The predicted octanol–water partition coefficient (Wildman–Crippen LogP) is 6.53. The van der Waals surface area contributed by atoms with Crippen LogP contribution in [-0.2, 0) is 17.9 Å². The Labute approximate surface area is 162 Å². The molecule has 0 spiro atoms. The first-order valence-electron chi connectivity index (χ1n) is 7.66. The second-order valence-corrected chi connectivity index (χ2v) is 7.76. The van der Waals surface area contributed by atoms with Gasteiger partial charge < -0.3 is 9.30 Å². The Kier molecular flexibility index (Phi) is 4.56. The molecule has 0 atom stereocenters. The summed E-state index contributed by atoms with van der Waals surface area (Å²) in [4.78, 5) is 0. The van der Waals surface area contributed by atoms with Crippen molar-refractivity contribution in [1.29, 1.82) is 0 Å². The van der Waals surface area contributed by atoms with Gasteiger partial charge in [-0.25, -0.2) is 0 Å². The first kappa shape index (κ1) is 16.4. The molecule has 2 nitrogen and oxygen atoms in total. The molecule has 4 rings (SSSR count). The average Bonchev–Trinajstić information content (AvgIpc) is 2.88. The van der Waals surface area contributed by atoms with E-state index in [0.717, 1.165) is 32.7 Å². The minimum atomic E-state index is 0.612. The highest BCUT2D eigenvalue weighted by atomic mass is 79.9. The molecule has 0 N–H and O–H groups in total. The maximum Gasteiger partial charge on any atom is 0.0875 e. The summed E-state index contributed by atoms with van der Waals surface area (Å²) in [7, 11) is 0. The molecule has 5 heteroatoms. The zero-order valence-electron chi connectivity index (χ0n) is 12.7. The SMILES string of the molecule is Clc1ccc(-c2c(Br)c(-c3ccccc3Br)n3c2COCC3)cc1. The summed E-state index contributed by atoms with van der Waals surface area (Å²) in [5.74, 6) is 0. The van der Waals surface area contributed by atoms with Crippen LogP contribution in [-0.4, -0.2) is 11.2 Å². The van der Waals surface area contributed by atoms with Gasteiger partial charge in [-0.1, -0.05) is 57.9 Å². The Morgan fingerprint density at radius 1 is 1.00 bits per heavy atom. The smallest absolute Gasteiger partial charge is 0.0875 e. The van der Waals surface area contributed by atoms with Crippen molar-refractivity contribution < 1.29 is 4.74 Å². The van der Waals surface area contributed by atoms with E-state index in [-0.39, 0.29) is 0 Å². The van der Waals surface area contributed by atoms with Gasteiger partial charge >= 0.3 is 0 Å². The largest absolute Gasteiger partial charge is 0.373 e. The lowest BCUT2D eigenvalue weighted by molar-refractivity contribution is 0.0860. The van der Waals surface area contributed by atoms with E-state index in [9.17, 15) is 0 Å². The van der Waals surface area contributed by atoms with Gasteiger partial charge in [-0.05, 0) is 39.7 Å². The number of benzene rings is 2. The Hall–Kier alpha value is -1.07. The van der Waals surface area contributed by atoms with Crippen LogP contribution in [0.25, 0.3) is 22.4 Å². The van der Waals surface area contributed by atoms with Gasteiger partial charge in [0.15, 0.2) is 0 Å². The summed E-state index contributed by atoms with van der Waals surface area (Å²) < 4.78 is 10.3. The molecule has 2 heterocycles. The van der Waals surface area contributed by atoms with Crippen LogP contribution >= 0.6 is 43.5 Å². The third kappa shape index (κ3) is 2.76. The summed E-state index contributed by atoms with van der Waals surface area (Å²) in [6, 6.07) is 16.3. The molecule has 2 aromatic carbocycles. The molecule has 0 bridgehead atoms. The molecule has 0 unspecified atom stereocenters. The highest BCUT2D eigenvalue weighted by Crippen LogP contribution is 2.45. The van der Waals surface area contributed by atoms with Crippen LogP contribution in [0.5, 0.6) is 0 Å². The number of hydrogen-bond acceptors (Lipinski definition) is 1. The van der Waals surface area contributed by atoms with Crippen molar-refractivity contribution in [3.05, 3.63) is 68.2 Å². The number of ether oxygens (including phenoxy) is 1. The van der Waals surface area contributed by atoms with Crippen molar-refractivity contribution in [3.8, 4) is 22.4 Å². The topological polar surface area (TPSA) is 14.2 Å². The number of aromatic nitrogens is 1. The van der Waals surface area contributed by atoms with Crippen molar-refractivity contribution in [2.45, 2.75) is 13.2 Å². The van der Waals surface area contributed by atoms with E-state index < -0.39 is 0 Å². The quantitative estimate of drug-likeness (QED) is 0.418. The Morgan fingerprint density at radius 2 is 1.75 bits per heavy atom. The molecule has 24 heavy (non-hydrogen) atoms. The van der Waals surface area contributed by atoms with Crippen molar-refractivity contribution in [2.75, 3.05) is 6.61 Å². The second kappa shape index (κ2) is 6.68. The molecule has 1 aliphatic heterocycles. The molecule has 122 valence electrons. The lowest BCUT2D eigenvalue weighted by Crippen LogP contribution is -2.17. The minimum absolute atomic E-state index is 0.612. The van der Waals surface area contributed by atoms with E-state index in [1.807, 2.05) is 18.2 Å². The van der Waals surface area contributed by atoms with Gasteiger partial charge in [-0.2, -0.15) is 0 Å². The third-order valence-electron chi connectivity index (χ3n) is 4.27. The maximum atomic E-state index is 6.06. The first-order valence-corrected chi connectivity index (χ1v) is 9.62. The molecule has 0 saturated carbocycles. The van der Waals surface area contributed by atoms with E-state index in [1.165, 1.54) is 22.5 Å². The van der Waals surface area contributed by atoms with E-state index in [2.05, 4.69) is 66.8 Å². The average molecular weight is 468 g/mol. The summed E-state index contributed by atoms with van der Waals surface area (Å²) in [5, 5.41) is 0.741. The van der Waals surface area contributed by atoms with Gasteiger partial charge in [0.1, 0.15) is 0 Å². The third-order valence-corrected chi connectivity index (χ3v) is 5.99. The summed E-state index contributed by atoms with van der Waals surface area (Å²) in [6.45, 7) is 2.19. The number of hydrogen-bond donors (Lipinski definition) is 0. The number of fused-ring (bicyclic) bond motifs is 1. The van der Waals surface area contributed by atoms with Gasteiger partial charge in [0, 0.05) is 27.2 Å². The molecular formula is C19H14Br2ClNO. The van der Waals surface area contributed by atoms with Crippen molar-refractivity contribution in [1.82, 2.24) is 4.57 Å². The molecule has 0 saturated heterocycles. The highest BCUT2D eigenvalue weighted by Gasteiger charge is 2.26. The van der Waals surface area contributed by atoms with Crippen molar-refractivity contribution in [2.24, 2.45) is 0 Å². The monoisotopic (exact) mass is 465 g/mol. The van der Waals surface area contributed by atoms with E-state index in [1.54, 1.807) is 0 Å². The zero-order chi connectivity index (χ0) is 16.7. The van der Waals surface area contributed by atoms with Gasteiger partial charge in [0.05, 0.1) is 29.1 Å². The van der Waals surface area contributed by atoms with Crippen LogP contribution in [0.15, 0.2) is 57.5 Å². The van der Waals surface area contributed by atoms with Crippen LogP contribution in [0.2, 0.25) is 5.02 Å². The van der Waals surface area contributed by atoms with Gasteiger partial charge in [0.25, 0.3) is 0 Å². The van der Waals surface area contributed by atoms with Crippen LogP contribution in [0, 0.1) is 0 Å². The summed E-state index contributed by atoms with van der Waals surface area (Å²) >= 11 is 13.6. The summed E-state index contributed by atoms with van der Waals surface area (Å²) in [6.07, 6.45) is 0. The predicted molar refractivity (Wildman–Crippen MR) is 105 cm³/mol. The highest BCUT2D eigenvalue weighted by molar-refractivity contribution is 9.11. The zero-order valence-corrected chi connectivity index (χ0v) is 16.7. The molecule has 1 aliphatic rings. The lowest BCUT2D eigenvalue weighted by atomic mass is 10.0. The fourth-order valence-corrected chi connectivity index (χ4v) is 4.67. The summed E-state index contributed by atoms with van der Waals surface area (Å²) in [5.41, 5.74) is 5.87. The number of rotatable bonds is 2. The Bertz CT molecular complexity index is 902. The molecular weight excluding hydrogens is 453 g/mol. The van der Waals surface area contributed by atoms with E-state index in [0.29, 0.717) is 6.61 Å². The van der Waals surface area contributed by atoms with Crippen LogP contribution in [0.1, 0.15) is 5.69 Å². The normalized spacial score (nSPS) is 13.8. The standard InChI is InChI=1S/C19H14Br2ClNO/c20-15-4-2-1-3-14(15)19-18(21)17(12-5-7-13(22)8-6-12)16-11-24-10-9-23(16)19/h1-8H,9-11H2. The fourth-order valence-electron chi connectivity index (χ4n) is 3.18. The van der Waals surface area contributed by atoms with Gasteiger partial charge in [-0.15, -0.1) is 0 Å². The van der Waals surface area contributed by atoms with Crippen molar-refractivity contribution >= 4 is 43.5 Å².